The van der Waals surface area contributed by atoms with Crippen LogP contribution in [0.2, 0.25) is 0 Å². The Morgan fingerprint density at radius 1 is 1.48 bits per heavy atom. The van der Waals surface area contributed by atoms with Crippen molar-refractivity contribution in [2.45, 2.75) is 6.92 Å². The maximum Gasteiger partial charge on any atom is 0.409 e. The Morgan fingerprint density at radius 3 is 2.71 bits per heavy atom. The molecule has 10 nitrogen and oxygen atoms in total. The van der Waals surface area contributed by atoms with Gasteiger partial charge in [0.1, 0.15) is 0 Å². The van der Waals surface area contributed by atoms with Gasteiger partial charge in [-0.05, 0) is 6.92 Å². The van der Waals surface area contributed by atoms with Gasteiger partial charge < -0.3 is 19.5 Å². The predicted molar refractivity (Wildman–Crippen MR) is 72.3 cm³/mol. The third-order valence-electron chi connectivity index (χ3n) is 3.10. The average Bonchev–Trinajstić information content (AvgIpc) is 2.47. The molecule has 0 bridgehead atoms. The number of hydrogen-bond acceptors (Lipinski definition) is 7. The molecule has 1 amide bonds. The van der Waals surface area contributed by atoms with Crippen LogP contribution in [-0.4, -0.2) is 58.7 Å². The zero-order valence-corrected chi connectivity index (χ0v) is 11.4. The summed E-state index contributed by atoms with van der Waals surface area (Å²) in [5.74, 6) is 0.0206. The van der Waals surface area contributed by atoms with Gasteiger partial charge in [-0.15, -0.1) is 0 Å². The van der Waals surface area contributed by atoms with Crippen LogP contribution in [-0.2, 0) is 4.74 Å². The van der Waals surface area contributed by atoms with Crippen molar-refractivity contribution in [2.75, 3.05) is 37.7 Å². The van der Waals surface area contributed by atoms with Crippen LogP contribution < -0.4 is 10.5 Å². The second-order valence-corrected chi connectivity index (χ2v) is 4.33. The first-order chi connectivity index (χ1) is 10.0. The second-order valence-electron chi connectivity index (χ2n) is 4.33. The Labute approximate surface area is 119 Å². The number of amides is 1. The number of H-pyrrole nitrogens is 1. The number of aromatic nitrogens is 2. The lowest BCUT2D eigenvalue weighted by molar-refractivity contribution is -0.385. The van der Waals surface area contributed by atoms with E-state index < -0.39 is 22.3 Å². The highest BCUT2D eigenvalue weighted by Crippen LogP contribution is 2.21. The van der Waals surface area contributed by atoms with E-state index in [1.165, 1.54) is 4.90 Å². The Morgan fingerprint density at radius 2 is 2.14 bits per heavy atom. The standard InChI is InChI=1S/C11H15N5O5/c1-2-21-11(18)15-5-3-14(4-6-15)9-8(16(19)20)10(17)13-7-12-9/h7H,2-6H2,1H3,(H,12,13,17). The van der Waals surface area contributed by atoms with Gasteiger partial charge in [-0.25, -0.2) is 9.78 Å². The van der Waals surface area contributed by atoms with Gasteiger partial charge in [0.05, 0.1) is 17.9 Å². The molecule has 10 heteroatoms. The molecular weight excluding hydrogens is 282 g/mol. The molecule has 0 atom stereocenters. The molecule has 0 aromatic carbocycles. The zero-order valence-electron chi connectivity index (χ0n) is 11.4. The molecule has 21 heavy (non-hydrogen) atoms. The van der Waals surface area contributed by atoms with Crippen molar-refractivity contribution < 1.29 is 14.5 Å². The molecule has 1 fully saturated rings. The fraction of sp³-hybridized carbons (Fsp3) is 0.545. The number of nitrogens with zero attached hydrogens (tertiary/aromatic N) is 4. The average molecular weight is 297 g/mol. The van der Waals surface area contributed by atoms with E-state index in [1.54, 1.807) is 11.8 Å². The molecule has 1 aromatic rings. The van der Waals surface area contributed by atoms with E-state index in [0.29, 0.717) is 32.8 Å². The predicted octanol–water partition coefficient (Wildman–Crippen LogP) is -0.0434. The van der Waals surface area contributed by atoms with Gasteiger partial charge in [0, 0.05) is 26.2 Å². The number of rotatable bonds is 3. The number of nitro groups is 1. The smallest absolute Gasteiger partial charge is 0.409 e. The van der Waals surface area contributed by atoms with Gasteiger partial charge in [-0.2, -0.15) is 0 Å². The maximum absolute atomic E-state index is 11.6. The summed E-state index contributed by atoms with van der Waals surface area (Å²) in [5, 5.41) is 11.0. The largest absolute Gasteiger partial charge is 0.450 e. The Balaban J connectivity index is 2.13. The fourth-order valence-electron chi connectivity index (χ4n) is 2.09. The van der Waals surface area contributed by atoms with Crippen LogP contribution >= 0.6 is 0 Å². The lowest BCUT2D eigenvalue weighted by Crippen LogP contribution is -2.49. The van der Waals surface area contributed by atoms with E-state index >= 15 is 0 Å². The quantitative estimate of drug-likeness (QED) is 0.613. The summed E-state index contributed by atoms with van der Waals surface area (Å²) in [5.41, 5.74) is -1.38. The molecule has 1 aliphatic rings. The summed E-state index contributed by atoms with van der Waals surface area (Å²) in [7, 11) is 0. The van der Waals surface area contributed by atoms with Crippen molar-refractivity contribution in [3.8, 4) is 0 Å². The molecule has 0 aliphatic carbocycles. The highest BCUT2D eigenvalue weighted by molar-refractivity contribution is 5.68. The van der Waals surface area contributed by atoms with E-state index in [-0.39, 0.29) is 5.82 Å². The molecule has 114 valence electrons. The first-order valence-corrected chi connectivity index (χ1v) is 6.43. The highest BCUT2D eigenvalue weighted by atomic mass is 16.6. The summed E-state index contributed by atoms with van der Waals surface area (Å²) >= 11 is 0. The Bertz CT molecular complexity index is 593. The van der Waals surface area contributed by atoms with Gasteiger partial charge in [0.15, 0.2) is 0 Å². The van der Waals surface area contributed by atoms with Gasteiger partial charge in [0.2, 0.25) is 5.82 Å². The monoisotopic (exact) mass is 297 g/mol. The second kappa shape index (κ2) is 6.20. The van der Waals surface area contributed by atoms with E-state index in [0.717, 1.165) is 6.33 Å². The lowest BCUT2D eigenvalue weighted by Gasteiger charge is -2.34. The minimum absolute atomic E-state index is 0.0206. The van der Waals surface area contributed by atoms with Crippen LogP contribution in [0.25, 0.3) is 0 Å². The minimum Gasteiger partial charge on any atom is -0.450 e. The summed E-state index contributed by atoms with van der Waals surface area (Å²) < 4.78 is 4.89. The van der Waals surface area contributed by atoms with Crippen molar-refractivity contribution >= 4 is 17.6 Å². The number of piperazine rings is 1. The van der Waals surface area contributed by atoms with E-state index in [9.17, 15) is 19.7 Å². The minimum atomic E-state index is -0.794. The summed E-state index contributed by atoms with van der Waals surface area (Å²) in [6.45, 7) is 3.40. The van der Waals surface area contributed by atoms with Crippen molar-refractivity contribution in [2.24, 2.45) is 0 Å². The molecule has 1 N–H and O–H groups in total. The molecule has 0 saturated carbocycles. The normalized spacial score (nSPS) is 14.9. The first kappa shape index (κ1) is 14.8. The van der Waals surface area contributed by atoms with Crippen LogP contribution in [0.15, 0.2) is 11.1 Å². The molecular formula is C11H15N5O5. The molecule has 0 spiro atoms. The highest BCUT2D eigenvalue weighted by Gasteiger charge is 2.29. The number of anilines is 1. The van der Waals surface area contributed by atoms with Crippen molar-refractivity contribution in [1.82, 2.24) is 14.9 Å². The van der Waals surface area contributed by atoms with Gasteiger partial charge in [-0.1, -0.05) is 0 Å². The van der Waals surface area contributed by atoms with Crippen molar-refractivity contribution in [3.63, 3.8) is 0 Å². The SMILES string of the molecule is CCOC(=O)N1CCN(c2nc[nH]c(=O)c2[N+](=O)[O-])CC1. The number of nitrogens with one attached hydrogen (secondary N) is 1. The Kier molecular flexibility index (Phi) is 4.36. The molecule has 1 aromatic heterocycles. The van der Waals surface area contributed by atoms with Crippen LogP contribution in [0.1, 0.15) is 6.92 Å². The van der Waals surface area contributed by atoms with Crippen LogP contribution in [0.3, 0.4) is 0 Å². The van der Waals surface area contributed by atoms with Gasteiger partial charge >= 0.3 is 17.3 Å². The number of carbonyl (C=O) groups excluding carboxylic acids is 1. The zero-order chi connectivity index (χ0) is 15.4. The third kappa shape index (κ3) is 3.09. The lowest BCUT2D eigenvalue weighted by atomic mass is 10.3. The number of hydrogen-bond donors (Lipinski definition) is 1. The fourth-order valence-corrected chi connectivity index (χ4v) is 2.09. The molecule has 2 heterocycles. The third-order valence-corrected chi connectivity index (χ3v) is 3.10. The summed E-state index contributed by atoms with van der Waals surface area (Å²) in [4.78, 5) is 42.5. The number of carbonyl (C=O) groups is 1. The first-order valence-electron chi connectivity index (χ1n) is 6.43. The molecule has 1 aliphatic heterocycles. The summed E-state index contributed by atoms with van der Waals surface area (Å²) in [6, 6.07) is 0. The van der Waals surface area contributed by atoms with Crippen LogP contribution in [0.5, 0.6) is 0 Å². The van der Waals surface area contributed by atoms with E-state index in [2.05, 4.69) is 9.97 Å². The molecule has 2 rings (SSSR count). The van der Waals surface area contributed by atoms with Crippen LogP contribution in [0, 0.1) is 10.1 Å². The molecule has 1 saturated heterocycles. The topological polar surface area (TPSA) is 122 Å². The van der Waals surface area contributed by atoms with Gasteiger partial charge in [0.25, 0.3) is 0 Å². The van der Waals surface area contributed by atoms with E-state index in [1.807, 2.05) is 0 Å². The van der Waals surface area contributed by atoms with Crippen molar-refractivity contribution in [1.29, 1.82) is 0 Å². The molecule has 0 unspecified atom stereocenters. The number of aromatic amines is 1. The van der Waals surface area contributed by atoms with Gasteiger partial charge in [-0.3, -0.25) is 14.9 Å². The van der Waals surface area contributed by atoms with Crippen molar-refractivity contribution in [3.05, 3.63) is 26.8 Å². The Hall–Kier alpha value is -2.65. The number of ether oxygens (including phenoxy) is 1. The van der Waals surface area contributed by atoms with Crippen LogP contribution in [0.4, 0.5) is 16.3 Å². The molecule has 0 radical (unpaired) electrons. The van der Waals surface area contributed by atoms with E-state index in [4.69, 9.17) is 4.74 Å². The summed E-state index contributed by atoms with van der Waals surface area (Å²) in [6.07, 6.45) is 0.716. The maximum atomic E-state index is 11.6.